The van der Waals surface area contributed by atoms with Crippen molar-refractivity contribution in [3.8, 4) is 11.5 Å². The molecule has 0 aliphatic rings. The molecule has 3 aromatic rings. The fourth-order valence-electron chi connectivity index (χ4n) is 2.47. The van der Waals surface area contributed by atoms with Crippen LogP contribution in [0.1, 0.15) is 18.1 Å². The second kappa shape index (κ2) is 10.3. The van der Waals surface area contributed by atoms with Crippen molar-refractivity contribution in [1.82, 2.24) is 15.5 Å². The van der Waals surface area contributed by atoms with Crippen LogP contribution < -0.4 is 5.32 Å². The summed E-state index contributed by atoms with van der Waals surface area (Å²) in [5.74, 6) is 0.393. The Labute approximate surface area is 172 Å². The molecule has 146 valence electrons. The number of hydrogen-bond acceptors (Lipinski definition) is 6. The normalized spacial score (nSPS) is 10.8. The van der Waals surface area contributed by atoms with E-state index in [2.05, 4.69) is 15.5 Å². The number of hydrogen-bond donors (Lipinski definition) is 1. The highest BCUT2D eigenvalue weighted by atomic mass is 35.5. The molecule has 0 atom stereocenters. The van der Waals surface area contributed by atoms with Gasteiger partial charge in [0.2, 0.25) is 11.8 Å². The Balaban J connectivity index is 1.51. The second-order valence-electron chi connectivity index (χ2n) is 5.82. The van der Waals surface area contributed by atoms with Gasteiger partial charge in [-0.1, -0.05) is 59.8 Å². The number of amides is 1. The van der Waals surface area contributed by atoms with Crippen molar-refractivity contribution in [3.63, 3.8) is 0 Å². The molecule has 0 radical (unpaired) electrons. The molecule has 1 amide bonds. The largest absolute Gasteiger partial charge is 0.411 e. The van der Waals surface area contributed by atoms with Gasteiger partial charge in [-0.3, -0.25) is 4.79 Å². The Bertz CT molecular complexity index is 932. The molecule has 0 aliphatic carbocycles. The molecule has 0 saturated heterocycles. The molecule has 0 bridgehead atoms. The fourth-order valence-corrected chi connectivity index (χ4v) is 3.28. The quantitative estimate of drug-likeness (QED) is 0.522. The minimum absolute atomic E-state index is 0.117. The van der Waals surface area contributed by atoms with Gasteiger partial charge in [-0.05, 0) is 30.2 Å². The van der Waals surface area contributed by atoms with E-state index in [0.29, 0.717) is 41.5 Å². The maximum absolute atomic E-state index is 12.2. The lowest BCUT2D eigenvalue weighted by molar-refractivity contribution is -0.118. The third-order valence-electron chi connectivity index (χ3n) is 3.89. The second-order valence-corrected chi connectivity index (χ2v) is 7.16. The van der Waals surface area contributed by atoms with Crippen molar-refractivity contribution in [2.24, 2.45) is 0 Å². The SMILES string of the molecule is CCOCc1ccccc1CNC(=O)CSc1nnc(-c2ccccc2Cl)o1. The molecule has 0 fully saturated rings. The highest BCUT2D eigenvalue weighted by molar-refractivity contribution is 7.99. The van der Waals surface area contributed by atoms with E-state index in [9.17, 15) is 4.79 Å². The zero-order valence-corrected chi connectivity index (χ0v) is 16.9. The van der Waals surface area contributed by atoms with Crippen LogP contribution in [-0.4, -0.2) is 28.5 Å². The number of aromatic nitrogens is 2. The van der Waals surface area contributed by atoms with Crippen molar-refractivity contribution >= 4 is 29.3 Å². The number of nitrogens with one attached hydrogen (secondary N) is 1. The summed E-state index contributed by atoms with van der Waals surface area (Å²) in [5.41, 5.74) is 2.77. The number of thioether (sulfide) groups is 1. The lowest BCUT2D eigenvalue weighted by atomic mass is 10.1. The van der Waals surface area contributed by atoms with E-state index in [-0.39, 0.29) is 11.7 Å². The molecule has 1 heterocycles. The Morgan fingerprint density at radius 2 is 1.89 bits per heavy atom. The van der Waals surface area contributed by atoms with Crippen LogP contribution in [0, 0.1) is 0 Å². The zero-order chi connectivity index (χ0) is 19.8. The van der Waals surface area contributed by atoms with Gasteiger partial charge >= 0.3 is 0 Å². The summed E-state index contributed by atoms with van der Waals surface area (Å²) >= 11 is 7.31. The first-order valence-electron chi connectivity index (χ1n) is 8.79. The minimum Gasteiger partial charge on any atom is -0.411 e. The van der Waals surface area contributed by atoms with Gasteiger partial charge in [0.25, 0.3) is 5.22 Å². The molecule has 0 spiro atoms. The summed E-state index contributed by atoms with van der Waals surface area (Å²) in [6.07, 6.45) is 0. The van der Waals surface area contributed by atoms with Crippen LogP contribution in [0.4, 0.5) is 0 Å². The van der Waals surface area contributed by atoms with Gasteiger partial charge < -0.3 is 14.5 Å². The standard InChI is InChI=1S/C20H20ClN3O3S/c1-2-26-12-15-8-4-3-7-14(15)11-22-18(25)13-28-20-24-23-19(27-20)16-9-5-6-10-17(16)21/h3-10H,2,11-13H2,1H3,(H,22,25). The van der Waals surface area contributed by atoms with Gasteiger partial charge in [0.15, 0.2) is 0 Å². The van der Waals surface area contributed by atoms with E-state index in [1.807, 2.05) is 43.3 Å². The molecule has 8 heteroatoms. The van der Waals surface area contributed by atoms with Crippen molar-refractivity contribution in [1.29, 1.82) is 0 Å². The first-order valence-corrected chi connectivity index (χ1v) is 10.2. The Morgan fingerprint density at radius 3 is 2.68 bits per heavy atom. The number of benzene rings is 2. The number of ether oxygens (including phenoxy) is 1. The van der Waals surface area contributed by atoms with Crippen LogP contribution in [0.25, 0.3) is 11.5 Å². The van der Waals surface area contributed by atoms with E-state index < -0.39 is 0 Å². The molecule has 2 aromatic carbocycles. The smallest absolute Gasteiger partial charge is 0.277 e. The number of carbonyl (C=O) groups excluding carboxylic acids is 1. The predicted molar refractivity (Wildman–Crippen MR) is 109 cm³/mol. The zero-order valence-electron chi connectivity index (χ0n) is 15.4. The van der Waals surface area contributed by atoms with Crippen LogP contribution in [0.5, 0.6) is 0 Å². The summed E-state index contributed by atoms with van der Waals surface area (Å²) in [6, 6.07) is 15.1. The number of rotatable bonds is 9. The van der Waals surface area contributed by atoms with Crippen molar-refractivity contribution in [3.05, 3.63) is 64.7 Å². The van der Waals surface area contributed by atoms with E-state index in [1.54, 1.807) is 12.1 Å². The summed E-state index contributed by atoms with van der Waals surface area (Å²) in [7, 11) is 0. The number of carbonyl (C=O) groups is 1. The van der Waals surface area contributed by atoms with E-state index in [4.69, 9.17) is 20.8 Å². The molecule has 6 nitrogen and oxygen atoms in total. The molecule has 1 N–H and O–H groups in total. The van der Waals surface area contributed by atoms with Gasteiger partial charge in [-0.2, -0.15) is 0 Å². The topological polar surface area (TPSA) is 77.2 Å². The van der Waals surface area contributed by atoms with E-state index in [1.165, 1.54) is 11.8 Å². The molecular weight excluding hydrogens is 398 g/mol. The number of nitrogens with zero attached hydrogens (tertiary/aromatic N) is 2. The van der Waals surface area contributed by atoms with E-state index in [0.717, 1.165) is 11.1 Å². The maximum Gasteiger partial charge on any atom is 0.277 e. The average Bonchev–Trinajstić information content (AvgIpc) is 3.19. The van der Waals surface area contributed by atoms with Gasteiger partial charge in [0.1, 0.15) is 0 Å². The van der Waals surface area contributed by atoms with Crippen LogP contribution >= 0.6 is 23.4 Å². The lowest BCUT2D eigenvalue weighted by Gasteiger charge is -2.10. The van der Waals surface area contributed by atoms with Gasteiger partial charge in [-0.15, -0.1) is 10.2 Å². The third kappa shape index (κ3) is 5.58. The monoisotopic (exact) mass is 417 g/mol. The Hall–Kier alpha value is -2.35. The Kier molecular flexibility index (Phi) is 7.47. The number of halogens is 1. The van der Waals surface area contributed by atoms with Gasteiger partial charge in [0.05, 0.1) is 22.9 Å². The molecule has 0 aliphatic heterocycles. The van der Waals surface area contributed by atoms with Crippen molar-refractivity contribution < 1.29 is 13.9 Å². The lowest BCUT2D eigenvalue weighted by Crippen LogP contribution is -2.25. The van der Waals surface area contributed by atoms with E-state index >= 15 is 0 Å². The first-order chi connectivity index (χ1) is 13.7. The molecular formula is C20H20ClN3O3S. The highest BCUT2D eigenvalue weighted by Gasteiger charge is 2.13. The Morgan fingerprint density at radius 1 is 1.14 bits per heavy atom. The van der Waals surface area contributed by atoms with Crippen LogP contribution in [-0.2, 0) is 22.7 Å². The molecule has 1 aromatic heterocycles. The maximum atomic E-state index is 12.2. The summed E-state index contributed by atoms with van der Waals surface area (Å²) in [6.45, 7) is 3.58. The van der Waals surface area contributed by atoms with Gasteiger partial charge in [-0.25, -0.2) is 0 Å². The van der Waals surface area contributed by atoms with Crippen LogP contribution in [0.3, 0.4) is 0 Å². The first kappa shape index (κ1) is 20.4. The minimum atomic E-state index is -0.117. The summed E-state index contributed by atoms with van der Waals surface area (Å²) in [5, 5.41) is 11.7. The molecule has 0 unspecified atom stereocenters. The molecule has 3 rings (SSSR count). The average molecular weight is 418 g/mol. The van der Waals surface area contributed by atoms with Crippen LogP contribution in [0.15, 0.2) is 58.2 Å². The third-order valence-corrected chi connectivity index (χ3v) is 5.04. The van der Waals surface area contributed by atoms with Gasteiger partial charge in [0, 0.05) is 13.2 Å². The highest BCUT2D eigenvalue weighted by Crippen LogP contribution is 2.28. The predicted octanol–water partition coefficient (Wildman–Crippen LogP) is 4.34. The van der Waals surface area contributed by atoms with Crippen molar-refractivity contribution in [2.75, 3.05) is 12.4 Å². The summed E-state index contributed by atoms with van der Waals surface area (Å²) in [4.78, 5) is 12.2. The summed E-state index contributed by atoms with van der Waals surface area (Å²) < 4.78 is 11.1. The molecule has 28 heavy (non-hydrogen) atoms. The van der Waals surface area contributed by atoms with Crippen LogP contribution in [0.2, 0.25) is 5.02 Å². The van der Waals surface area contributed by atoms with Crippen molar-refractivity contribution in [2.45, 2.75) is 25.3 Å². The fraction of sp³-hybridized carbons (Fsp3) is 0.250. The molecule has 0 saturated carbocycles.